The average molecular weight is 276 g/mol. The minimum absolute atomic E-state index is 0.0511. The molecule has 1 aliphatic heterocycles. The van der Waals surface area contributed by atoms with Crippen molar-refractivity contribution in [2.24, 2.45) is 0 Å². The van der Waals surface area contributed by atoms with Gasteiger partial charge in [-0.2, -0.15) is 0 Å². The third-order valence-electron chi connectivity index (χ3n) is 3.79. The summed E-state index contributed by atoms with van der Waals surface area (Å²) in [5.74, 6) is 0.0511. The Morgan fingerprint density at radius 3 is 2.65 bits per heavy atom. The Morgan fingerprint density at radius 2 is 2.05 bits per heavy atom. The summed E-state index contributed by atoms with van der Waals surface area (Å²) in [5.41, 5.74) is 9.41. The normalized spacial score (nSPS) is 18.8. The van der Waals surface area contributed by atoms with E-state index in [0.29, 0.717) is 6.42 Å². The zero-order valence-corrected chi connectivity index (χ0v) is 12.4. The number of ether oxygens (including phenoxy) is 1. The second-order valence-electron chi connectivity index (χ2n) is 5.61. The van der Waals surface area contributed by atoms with Gasteiger partial charge in [0.1, 0.15) is 0 Å². The van der Waals surface area contributed by atoms with Crippen molar-refractivity contribution in [2.75, 3.05) is 17.7 Å². The van der Waals surface area contributed by atoms with Gasteiger partial charge in [0, 0.05) is 24.4 Å². The van der Waals surface area contributed by atoms with Crippen LogP contribution < -0.4 is 11.1 Å². The van der Waals surface area contributed by atoms with E-state index in [4.69, 9.17) is 10.5 Å². The Morgan fingerprint density at radius 1 is 1.35 bits per heavy atom. The van der Waals surface area contributed by atoms with Crippen LogP contribution >= 0.6 is 0 Å². The molecule has 110 valence electrons. The number of nitrogens with one attached hydrogen (secondary N) is 1. The number of hydrogen-bond donors (Lipinski definition) is 2. The molecule has 1 unspecified atom stereocenters. The van der Waals surface area contributed by atoms with E-state index >= 15 is 0 Å². The second kappa shape index (κ2) is 6.75. The molecule has 1 aromatic rings. The molecule has 0 spiro atoms. The van der Waals surface area contributed by atoms with Crippen molar-refractivity contribution in [1.82, 2.24) is 0 Å². The topological polar surface area (TPSA) is 64.3 Å². The van der Waals surface area contributed by atoms with E-state index in [1.807, 2.05) is 26.0 Å². The molecule has 4 nitrogen and oxygen atoms in total. The van der Waals surface area contributed by atoms with E-state index in [2.05, 4.69) is 5.32 Å². The summed E-state index contributed by atoms with van der Waals surface area (Å²) in [4.78, 5) is 12.0. The second-order valence-corrected chi connectivity index (χ2v) is 5.61. The summed E-state index contributed by atoms with van der Waals surface area (Å²) in [6.45, 7) is 4.76. The molecular formula is C16H24N2O2. The first-order valence-electron chi connectivity index (χ1n) is 7.34. The first-order valence-corrected chi connectivity index (χ1v) is 7.34. The molecule has 1 saturated heterocycles. The zero-order chi connectivity index (χ0) is 14.5. The van der Waals surface area contributed by atoms with Gasteiger partial charge in [-0.05, 0) is 62.8 Å². The molecule has 0 radical (unpaired) electrons. The van der Waals surface area contributed by atoms with Gasteiger partial charge in [-0.1, -0.05) is 0 Å². The monoisotopic (exact) mass is 276 g/mol. The van der Waals surface area contributed by atoms with Crippen LogP contribution in [0.3, 0.4) is 0 Å². The summed E-state index contributed by atoms with van der Waals surface area (Å²) in [7, 11) is 0. The number of carbonyl (C=O) groups is 1. The molecule has 1 aromatic carbocycles. The summed E-state index contributed by atoms with van der Waals surface area (Å²) in [6.07, 6.45) is 5.00. The minimum Gasteiger partial charge on any atom is -0.399 e. The highest BCUT2D eigenvalue weighted by Crippen LogP contribution is 2.24. The Bertz CT molecular complexity index is 456. The zero-order valence-electron chi connectivity index (χ0n) is 12.4. The number of nitrogen functional groups attached to an aromatic ring is 1. The van der Waals surface area contributed by atoms with Gasteiger partial charge in [-0.25, -0.2) is 0 Å². The fourth-order valence-corrected chi connectivity index (χ4v) is 2.72. The van der Waals surface area contributed by atoms with Crippen LogP contribution in [0.2, 0.25) is 0 Å². The van der Waals surface area contributed by atoms with E-state index in [1.165, 1.54) is 6.42 Å². The Kier molecular flexibility index (Phi) is 5.01. The summed E-state index contributed by atoms with van der Waals surface area (Å²) in [6, 6.07) is 3.76. The number of benzene rings is 1. The largest absolute Gasteiger partial charge is 0.399 e. The maximum absolute atomic E-state index is 12.0. The molecule has 0 aromatic heterocycles. The van der Waals surface area contributed by atoms with Gasteiger partial charge in [0.2, 0.25) is 5.91 Å². The molecule has 0 saturated carbocycles. The number of amides is 1. The van der Waals surface area contributed by atoms with Crippen LogP contribution in [0.4, 0.5) is 11.4 Å². The Hall–Kier alpha value is -1.55. The molecule has 2 rings (SSSR count). The summed E-state index contributed by atoms with van der Waals surface area (Å²) >= 11 is 0. The Balaban J connectivity index is 1.88. The van der Waals surface area contributed by atoms with Crippen molar-refractivity contribution < 1.29 is 9.53 Å². The van der Waals surface area contributed by atoms with E-state index < -0.39 is 0 Å². The van der Waals surface area contributed by atoms with E-state index in [9.17, 15) is 4.79 Å². The average Bonchev–Trinajstić information content (AvgIpc) is 2.42. The van der Waals surface area contributed by atoms with Crippen molar-refractivity contribution in [3.63, 3.8) is 0 Å². The fraction of sp³-hybridized carbons (Fsp3) is 0.562. The van der Waals surface area contributed by atoms with Crippen LogP contribution in [0.5, 0.6) is 0 Å². The van der Waals surface area contributed by atoms with Crippen molar-refractivity contribution in [3.05, 3.63) is 23.3 Å². The first kappa shape index (κ1) is 14.9. The molecule has 3 N–H and O–H groups in total. The lowest BCUT2D eigenvalue weighted by Gasteiger charge is -2.22. The molecule has 1 aliphatic rings. The number of anilines is 2. The maximum Gasteiger partial charge on any atom is 0.224 e. The number of nitrogens with two attached hydrogens (primary N) is 1. The maximum atomic E-state index is 12.0. The summed E-state index contributed by atoms with van der Waals surface area (Å²) < 4.78 is 5.65. The lowest BCUT2D eigenvalue weighted by Crippen LogP contribution is -2.22. The lowest BCUT2D eigenvalue weighted by molar-refractivity contribution is -0.117. The number of rotatable bonds is 4. The van der Waals surface area contributed by atoms with Gasteiger partial charge in [0.05, 0.1) is 6.10 Å². The highest BCUT2D eigenvalue weighted by molar-refractivity contribution is 5.92. The number of hydrogen-bond acceptors (Lipinski definition) is 3. The molecule has 0 aliphatic carbocycles. The third-order valence-corrected chi connectivity index (χ3v) is 3.79. The van der Waals surface area contributed by atoms with Crippen LogP contribution in [-0.2, 0) is 9.53 Å². The van der Waals surface area contributed by atoms with Crippen LogP contribution in [0.25, 0.3) is 0 Å². The highest BCUT2D eigenvalue weighted by Gasteiger charge is 2.16. The number of aryl methyl sites for hydroxylation is 2. The predicted molar refractivity (Wildman–Crippen MR) is 81.8 cm³/mol. The predicted octanol–water partition coefficient (Wildman–Crippen LogP) is 3.17. The molecule has 1 fully saturated rings. The Labute approximate surface area is 120 Å². The van der Waals surface area contributed by atoms with E-state index in [1.54, 1.807) is 0 Å². The number of carbonyl (C=O) groups excluding carboxylic acids is 1. The van der Waals surface area contributed by atoms with E-state index in [-0.39, 0.29) is 12.0 Å². The summed E-state index contributed by atoms with van der Waals surface area (Å²) in [5, 5.41) is 3.00. The van der Waals surface area contributed by atoms with Crippen molar-refractivity contribution >= 4 is 17.3 Å². The van der Waals surface area contributed by atoms with Crippen LogP contribution in [0.1, 0.15) is 43.2 Å². The van der Waals surface area contributed by atoms with Gasteiger partial charge < -0.3 is 15.8 Å². The highest BCUT2D eigenvalue weighted by atomic mass is 16.5. The lowest BCUT2D eigenvalue weighted by atomic mass is 10.0. The van der Waals surface area contributed by atoms with Gasteiger partial charge in [-0.3, -0.25) is 4.79 Å². The first-order chi connectivity index (χ1) is 9.56. The van der Waals surface area contributed by atoms with Gasteiger partial charge in [-0.15, -0.1) is 0 Å². The van der Waals surface area contributed by atoms with Crippen LogP contribution in [-0.4, -0.2) is 18.6 Å². The third kappa shape index (κ3) is 3.97. The van der Waals surface area contributed by atoms with Crippen LogP contribution in [0.15, 0.2) is 12.1 Å². The fourth-order valence-electron chi connectivity index (χ4n) is 2.72. The minimum atomic E-state index is 0.0511. The molecular weight excluding hydrogens is 252 g/mol. The molecule has 1 amide bonds. The quantitative estimate of drug-likeness (QED) is 0.830. The smallest absolute Gasteiger partial charge is 0.224 e. The van der Waals surface area contributed by atoms with Gasteiger partial charge >= 0.3 is 0 Å². The van der Waals surface area contributed by atoms with E-state index in [0.717, 1.165) is 48.4 Å². The standard InChI is InChI=1S/C16H24N2O2/c1-11-9-13(17)10-12(2)16(11)18-15(19)7-6-14-5-3-4-8-20-14/h9-10,14H,3-8,17H2,1-2H3,(H,18,19). The van der Waals surface area contributed by atoms with Crippen LogP contribution in [0, 0.1) is 13.8 Å². The SMILES string of the molecule is Cc1cc(N)cc(C)c1NC(=O)CCC1CCCCO1. The van der Waals surface area contributed by atoms with Gasteiger partial charge in [0.25, 0.3) is 0 Å². The van der Waals surface area contributed by atoms with Crippen molar-refractivity contribution in [1.29, 1.82) is 0 Å². The van der Waals surface area contributed by atoms with Gasteiger partial charge in [0.15, 0.2) is 0 Å². The van der Waals surface area contributed by atoms with Crippen molar-refractivity contribution in [2.45, 2.75) is 52.1 Å². The molecule has 1 heterocycles. The molecule has 4 heteroatoms. The van der Waals surface area contributed by atoms with Crippen molar-refractivity contribution in [3.8, 4) is 0 Å². The molecule has 20 heavy (non-hydrogen) atoms. The molecule has 0 bridgehead atoms. The molecule has 1 atom stereocenters.